The minimum absolute atomic E-state index is 0.0285. The van der Waals surface area contributed by atoms with E-state index in [1.807, 2.05) is 32.0 Å². The van der Waals surface area contributed by atoms with E-state index in [1.54, 1.807) is 17.0 Å². The van der Waals surface area contributed by atoms with Crippen molar-refractivity contribution in [2.45, 2.75) is 38.0 Å². The van der Waals surface area contributed by atoms with Gasteiger partial charge in [0.1, 0.15) is 0 Å². The average Bonchev–Trinajstić information content (AvgIpc) is 2.72. The topological polar surface area (TPSA) is 110 Å². The predicted octanol–water partition coefficient (Wildman–Crippen LogP) is 2.16. The molecule has 7 nitrogen and oxygen atoms in total. The van der Waals surface area contributed by atoms with Crippen LogP contribution in [0.1, 0.15) is 39.9 Å². The van der Waals surface area contributed by atoms with Crippen molar-refractivity contribution in [2.75, 3.05) is 19.6 Å². The van der Waals surface area contributed by atoms with Crippen molar-refractivity contribution in [2.24, 2.45) is 11.1 Å². The number of piperidine rings is 1. The van der Waals surface area contributed by atoms with E-state index in [4.69, 9.17) is 5.14 Å². The first-order valence-electron chi connectivity index (χ1n) is 10.4. The van der Waals surface area contributed by atoms with Crippen LogP contribution in [0.5, 0.6) is 0 Å². The summed E-state index contributed by atoms with van der Waals surface area (Å²) in [5.74, 6) is -0.313. The number of benzene rings is 2. The van der Waals surface area contributed by atoms with Gasteiger partial charge in [-0.05, 0) is 62.9 Å². The molecule has 166 valence electrons. The molecular weight excluding hydrogens is 414 g/mol. The number of nitrogens with zero attached hydrogens (tertiary/aromatic N) is 1. The van der Waals surface area contributed by atoms with Crippen molar-refractivity contribution in [3.63, 3.8) is 0 Å². The lowest BCUT2D eigenvalue weighted by molar-refractivity contribution is -0.126. The zero-order valence-corrected chi connectivity index (χ0v) is 18.7. The van der Waals surface area contributed by atoms with Crippen LogP contribution in [0.2, 0.25) is 0 Å². The molecule has 1 aliphatic heterocycles. The van der Waals surface area contributed by atoms with E-state index in [0.717, 1.165) is 29.5 Å². The Hall–Kier alpha value is -2.71. The van der Waals surface area contributed by atoms with E-state index in [2.05, 4.69) is 5.32 Å². The maximum atomic E-state index is 12.9. The normalized spacial score (nSPS) is 16.7. The number of sulfonamides is 1. The molecule has 0 bridgehead atoms. The fraction of sp³-hybridized carbons (Fsp3) is 0.391. The molecule has 0 aromatic heterocycles. The first kappa shape index (κ1) is 23.0. The number of primary sulfonamides is 1. The summed E-state index contributed by atoms with van der Waals surface area (Å²) in [6.07, 6.45) is 2.13. The van der Waals surface area contributed by atoms with Crippen LogP contribution >= 0.6 is 0 Å². The Morgan fingerprint density at radius 1 is 1.10 bits per heavy atom. The van der Waals surface area contributed by atoms with Gasteiger partial charge in [0.2, 0.25) is 15.9 Å². The van der Waals surface area contributed by atoms with Crippen LogP contribution in [0.4, 0.5) is 0 Å². The predicted molar refractivity (Wildman–Crippen MR) is 119 cm³/mol. The molecular formula is C23H29N3O4S. The van der Waals surface area contributed by atoms with Gasteiger partial charge in [-0.3, -0.25) is 9.59 Å². The maximum Gasteiger partial charge on any atom is 0.253 e. The van der Waals surface area contributed by atoms with Crippen LogP contribution in [-0.4, -0.2) is 44.8 Å². The van der Waals surface area contributed by atoms with Crippen molar-refractivity contribution in [3.05, 3.63) is 64.7 Å². The minimum Gasteiger partial charge on any atom is -0.355 e. The minimum atomic E-state index is -3.71. The summed E-state index contributed by atoms with van der Waals surface area (Å²) in [6.45, 7) is 5.46. The molecule has 1 unspecified atom stereocenters. The molecule has 0 aliphatic carbocycles. The van der Waals surface area contributed by atoms with Crippen LogP contribution in [-0.2, 0) is 21.2 Å². The van der Waals surface area contributed by atoms with Gasteiger partial charge in [0, 0.05) is 25.2 Å². The Labute approximate surface area is 183 Å². The van der Waals surface area contributed by atoms with Crippen molar-refractivity contribution < 1.29 is 18.0 Å². The number of hydrogen-bond donors (Lipinski definition) is 2. The van der Waals surface area contributed by atoms with E-state index in [9.17, 15) is 18.0 Å². The van der Waals surface area contributed by atoms with E-state index in [1.165, 1.54) is 12.1 Å². The molecule has 1 atom stereocenters. The lowest BCUT2D eigenvalue weighted by Crippen LogP contribution is -2.45. The van der Waals surface area contributed by atoms with E-state index in [0.29, 0.717) is 31.6 Å². The van der Waals surface area contributed by atoms with Crippen LogP contribution < -0.4 is 10.5 Å². The molecule has 2 aromatic rings. The van der Waals surface area contributed by atoms with E-state index >= 15 is 0 Å². The van der Waals surface area contributed by atoms with Gasteiger partial charge in [-0.1, -0.05) is 29.3 Å². The molecule has 3 N–H and O–H groups in total. The van der Waals surface area contributed by atoms with Crippen molar-refractivity contribution >= 4 is 21.8 Å². The SMILES string of the molecule is Cc1cc(C)cc(C(=O)N2CCCC(C(=O)NCCc3ccc(S(N)(=O)=O)cc3)C2)c1. The maximum absolute atomic E-state index is 12.9. The summed E-state index contributed by atoms with van der Waals surface area (Å²) in [4.78, 5) is 27.4. The molecule has 0 saturated carbocycles. The molecule has 2 amide bonds. The Bertz CT molecular complexity index is 1040. The molecule has 31 heavy (non-hydrogen) atoms. The summed E-state index contributed by atoms with van der Waals surface area (Å²) in [5, 5.41) is 8.04. The molecule has 2 aromatic carbocycles. The van der Waals surface area contributed by atoms with Crippen LogP contribution in [0.15, 0.2) is 47.4 Å². The lowest BCUT2D eigenvalue weighted by atomic mass is 9.96. The van der Waals surface area contributed by atoms with Crippen LogP contribution in [0, 0.1) is 19.8 Å². The first-order chi connectivity index (χ1) is 14.6. The fourth-order valence-corrected chi connectivity index (χ4v) is 4.49. The molecule has 1 saturated heterocycles. The highest BCUT2D eigenvalue weighted by molar-refractivity contribution is 7.89. The van der Waals surface area contributed by atoms with Crippen LogP contribution in [0.25, 0.3) is 0 Å². The number of hydrogen-bond acceptors (Lipinski definition) is 4. The molecule has 0 spiro atoms. The number of aryl methyl sites for hydroxylation is 2. The third-order valence-electron chi connectivity index (χ3n) is 5.51. The molecule has 1 heterocycles. The zero-order chi connectivity index (χ0) is 22.6. The van der Waals surface area contributed by atoms with Crippen molar-refractivity contribution in [1.29, 1.82) is 0 Å². The van der Waals surface area contributed by atoms with Crippen molar-refractivity contribution in [3.8, 4) is 0 Å². The lowest BCUT2D eigenvalue weighted by Gasteiger charge is -2.32. The zero-order valence-electron chi connectivity index (χ0n) is 17.9. The summed E-state index contributed by atoms with van der Waals surface area (Å²) >= 11 is 0. The number of nitrogens with two attached hydrogens (primary N) is 1. The number of rotatable bonds is 6. The fourth-order valence-electron chi connectivity index (χ4n) is 3.98. The van der Waals surface area contributed by atoms with Gasteiger partial charge in [0.25, 0.3) is 5.91 Å². The number of amides is 2. The van der Waals surface area contributed by atoms with Crippen molar-refractivity contribution in [1.82, 2.24) is 10.2 Å². The second kappa shape index (κ2) is 9.62. The smallest absolute Gasteiger partial charge is 0.253 e. The second-order valence-corrected chi connectivity index (χ2v) is 9.76. The quantitative estimate of drug-likeness (QED) is 0.713. The number of likely N-dealkylation sites (tertiary alicyclic amines) is 1. The molecule has 8 heteroatoms. The highest BCUT2D eigenvalue weighted by Crippen LogP contribution is 2.20. The number of carbonyl (C=O) groups excluding carboxylic acids is 2. The van der Waals surface area contributed by atoms with Gasteiger partial charge in [0.05, 0.1) is 10.8 Å². The monoisotopic (exact) mass is 443 g/mol. The average molecular weight is 444 g/mol. The van der Waals surface area contributed by atoms with E-state index in [-0.39, 0.29) is 22.6 Å². The summed E-state index contributed by atoms with van der Waals surface area (Å²) in [7, 11) is -3.71. The largest absolute Gasteiger partial charge is 0.355 e. The Kier molecular flexibility index (Phi) is 7.12. The molecule has 0 radical (unpaired) electrons. The van der Waals surface area contributed by atoms with Gasteiger partial charge in [-0.25, -0.2) is 13.6 Å². The third-order valence-corrected chi connectivity index (χ3v) is 6.44. The summed E-state index contributed by atoms with van der Waals surface area (Å²) in [5.41, 5.74) is 3.67. The highest BCUT2D eigenvalue weighted by Gasteiger charge is 2.28. The summed E-state index contributed by atoms with van der Waals surface area (Å²) in [6, 6.07) is 12.1. The third kappa shape index (κ3) is 6.15. The molecule has 1 aliphatic rings. The standard InChI is InChI=1S/C23H29N3O4S/c1-16-12-17(2)14-20(13-16)23(28)26-11-3-4-19(15-26)22(27)25-10-9-18-5-7-21(8-6-18)31(24,29)30/h5-8,12-14,19H,3-4,9-11,15H2,1-2H3,(H,25,27)(H2,24,29,30). The Morgan fingerprint density at radius 3 is 2.35 bits per heavy atom. The Balaban J connectivity index is 1.53. The first-order valence-corrected chi connectivity index (χ1v) is 11.9. The number of nitrogens with one attached hydrogen (secondary N) is 1. The van der Waals surface area contributed by atoms with Gasteiger partial charge in [0.15, 0.2) is 0 Å². The van der Waals surface area contributed by atoms with Gasteiger partial charge in [-0.2, -0.15) is 0 Å². The number of carbonyl (C=O) groups is 2. The molecule has 1 fully saturated rings. The Morgan fingerprint density at radius 2 is 1.74 bits per heavy atom. The highest BCUT2D eigenvalue weighted by atomic mass is 32.2. The summed E-state index contributed by atoms with van der Waals surface area (Å²) < 4.78 is 22.6. The van der Waals surface area contributed by atoms with Gasteiger partial charge >= 0.3 is 0 Å². The van der Waals surface area contributed by atoms with Gasteiger partial charge in [-0.15, -0.1) is 0 Å². The second-order valence-electron chi connectivity index (χ2n) is 8.20. The van der Waals surface area contributed by atoms with Gasteiger partial charge < -0.3 is 10.2 Å². The van der Waals surface area contributed by atoms with E-state index < -0.39 is 10.0 Å². The molecule has 3 rings (SSSR count). The van der Waals surface area contributed by atoms with Crippen LogP contribution in [0.3, 0.4) is 0 Å².